The molecule has 0 aliphatic heterocycles. The normalized spacial score (nSPS) is 11.8. The molecule has 0 saturated carbocycles. The highest BCUT2D eigenvalue weighted by Crippen LogP contribution is 2.47. The molecule has 0 amide bonds. The summed E-state index contributed by atoms with van der Waals surface area (Å²) in [5.74, 6) is 0. The molecule has 3 nitrogen and oxygen atoms in total. The van der Waals surface area contributed by atoms with E-state index in [1.807, 2.05) is 24.3 Å². The second-order valence-corrected chi connectivity index (χ2v) is 12.1. The third-order valence-corrected chi connectivity index (χ3v) is 9.45. The fraction of sp³-hybridized carbons (Fsp3) is 0. The highest BCUT2D eigenvalue weighted by atomic mass is 16.3. The molecule has 10 rings (SSSR count). The Morgan fingerprint density at radius 3 is 1.83 bits per heavy atom. The zero-order chi connectivity index (χ0) is 30.9. The van der Waals surface area contributed by atoms with Crippen LogP contribution < -0.4 is 4.90 Å². The van der Waals surface area contributed by atoms with Crippen LogP contribution >= 0.6 is 0 Å². The summed E-state index contributed by atoms with van der Waals surface area (Å²) in [5, 5.41) is 9.31. The molecule has 47 heavy (non-hydrogen) atoms. The summed E-state index contributed by atoms with van der Waals surface area (Å²) < 4.78 is 12.8. The van der Waals surface area contributed by atoms with E-state index in [2.05, 4.69) is 144 Å². The third kappa shape index (κ3) is 3.93. The summed E-state index contributed by atoms with van der Waals surface area (Å²) in [6.07, 6.45) is 0. The summed E-state index contributed by atoms with van der Waals surface area (Å²) in [6, 6.07) is 57.9. The number of anilines is 3. The number of para-hydroxylation sites is 3. The van der Waals surface area contributed by atoms with Gasteiger partial charge in [-0.25, -0.2) is 0 Å². The van der Waals surface area contributed by atoms with Crippen LogP contribution in [0.1, 0.15) is 0 Å². The smallest absolute Gasteiger partial charge is 0.143 e. The largest absolute Gasteiger partial charge is 0.456 e. The van der Waals surface area contributed by atoms with E-state index < -0.39 is 0 Å². The van der Waals surface area contributed by atoms with Crippen LogP contribution in [0.2, 0.25) is 0 Å². The van der Waals surface area contributed by atoms with Crippen molar-refractivity contribution in [2.24, 2.45) is 0 Å². The third-order valence-electron chi connectivity index (χ3n) is 9.45. The van der Waals surface area contributed by atoms with Crippen LogP contribution in [0.25, 0.3) is 76.5 Å². The van der Waals surface area contributed by atoms with Gasteiger partial charge in [-0.15, -0.1) is 0 Å². The van der Waals surface area contributed by atoms with Crippen LogP contribution in [-0.4, -0.2) is 0 Å². The molecule has 220 valence electrons. The van der Waals surface area contributed by atoms with Crippen molar-refractivity contribution in [3.8, 4) is 11.1 Å². The number of hydrogen-bond donors (Lipinski definition) is 0. The van der Waals surface area contributed by atoms with E-state index in [9.17, 15) is 0 Å². The van der Waals surface area contributed by atoms with Gasteiger partial charge in [0.2, 0.25) is 0 Å². The quantitative estimate of drug-likeness (QED) is 0.188. The minimum atomic E-state index is 0.868. The van der Waals surface area contributed by atoms with Crippen molar-refractivity contribution in [1.82, 2.24) is 0 Å². The Morgan fingerprint density at radius 2 is 1.00 bits per heavy atom. The fourth-order valence-electron chi connectivity index (χ4n) is 7.33. The van der Waals surface area contributed by atoms with Crippen molar-refractivity contribution >= 4 is 82.5 Å². The van der Waals surface area contributed by atoms with Gasteiger partial charge in [-0.1, -0.05) is 121 Å². The minimum Gasteiger partial charge on any atom is -0.456 e. The van der Waals surface area contributed by atoms with Gasteiger partial charge in [0.05, 0.1) is 16.8 Å². The molecule has 0 N–H and O–H groups in total. The van der Waals surface area contributed by atoms with Gasteiger partial charge in [-0.2, -0.15) is 0 Å². The van der Waals surface area contributed by atoms with Crippen LogP contribution in [0.15, 0.2) is 173 Å². The van der Waals surface area contributed by atoms with Crippen LogP contribution in [0, 0.1) is 0 Å². The number of hydrogen-bond acceptors (Lipinski definition) is 3. The number of nitrogens with zero attached hydrogens (tertiary/aromatic N) is 1. The Balaban J connectivity index is 1.23. The maximum Gasteiger partial charge on any atom is 0.143 e. The molecule has 0 radical (unpaired) electrons. The van der Waals surface area contributed by atoms with Crippen molar-refractivity contribution in [3.05, 3.63) is 164 Å². The number of rotatable bonds is 4. The Kier molecular flexibility index (Phi) is 5.57. The lowest BCUT2D eigenvalue weighted by atomic mass is 9.98. The molecule has 2 heterocycles. The zero-order valence-corrected chi connectivity index (χ0v) is 25.4. The lowest BCUT2D eigenvalue weighted by molar-refractivity contribution is 0.669. The van der Waals surface area contributed by atoms with Crippen LogP contribution in [0.5, 0.6) is 0 Å². The predicted octanol–water partition coefficient (Wildman–Crippen LogP) is 12.9. The van der Waals surface area contributed by atoms with E-state index in [4.69, 9.17) is 8.83 Å². The van der Waals surface area contributed by atoms with Crippen molar-refractivity contribution in [3.63, 3.8) is 0 Å². The average molecular weight is 602 g/mol. The van der Waals surface area contributed by atoms with E-state index in [1.54, 1.807) is 0 Å². The summed E-state index contributed by atoms with van der Waals surface area (Å²) in [4.78, 5) is 2.39. The molecule has 0 saturated heterocycles. The summed E-state index contributed by atoms with van der Waals surface area (Å²) in [6.45, 7) is 0. The van der Waals surface area contributed by atoms with Gasteiger partial charge in [0.25, 0.3) is 0 Å². The van der Waals surface area contributed by atoms with Gasteiger partial charge in [0, 0.05) is 32.8 Å². The first kappa shape index (κ1) is 26.0. The summed E-state index contributed by atoms with van der Waals surface area (Å²) in [7, 11) is 0. The van der Waals surface area contributed by atoms with E-state index in [1.165, 1.54) is 21.5 Å². The van der Waals surface area contributed by atoms with Crippen LogP contribution in [-0.2, 0) is 0 Å². The van der Waals surface area contributed by atoms with E-state index in [0.717, 1.165) is 72.1 Å². The number of benzene rings is 8. The van der Waals surface area contributed by atoms with Gasteiger partial charge in [-0.3, -0.25) is 0 Å². The van der Waals surface area contributed by atoms with Gasteiger partial charge >= 0.3 is 0 Å². The Labute approximate surface area is 270 Å². The van der Waals surface area contributed by atoms with E-state index in [0.29, 0.717) is 0 Å². The lowest BCUT2D eigenvalue weighted by Crippen LogP contribution is -2.11. The molecular formula is C44H27NO2. The zero-order valence-electron chi connectivity index (χ0n) is 25.4. The Hall–Kier alpha value is -6.32. The average Bonchev–Trinajstić information content (AvgIpc) is 3.71. The van der Waals surface area contributed by atoms with Crippen molar-refractivity contribution < 1.29 is 8.83 Å². The first-order valence-electron chi connectivity index (χ1n) is 15.9. The maximum atomic E-state index is 6.40. The molecule has 0 fully saturated rings. The van der Waals surface area contributed by atoms with Crippen molar-refractivity contribution in [2.45, 2.75) is 0 Å². The van der Waals surface area contributed by atoms with Crippen molar-refractivity contribution in [1.29, 1.82) is 0 Å². The monoisotopic (exact) mass is 601 g/mol. The molecule has 0 bridgehead atoms. The van der Waals surface area contributed by atoms with Gasteiger partial charge < -0.3 is 13.7 Å². The van der Waals surface area contributed by atoms with Crippen molar-refractivity contribution in [2.75, 3.05) is 4.90 Å². The molecule has 0 aliphatic rings. The van der Waals surface area contributed by atoms with Gasteiger partial charge in [0.15, 0.2) is 0 Å². The van der Waals surface area contributed by atoms with E-state index in [-0.39, 0.29) is 0 Å². The molecule has 3 heteroatoms. The topological polar surface area (TPSA) is 29.5 Å². The standard InChI is InChI=1S/C44H27NO2/c1-2-12-31-29(11-1)27-39(34-14-4-3-13-33(31)34)45(38-19-10-22-42-43(38)37-16-6-8-21-41(37)46-42)30-25-23-28(24-26-30)32-17-9-18-36-35-15-5-7-20-40(35)47-44(32)36/h1-27H. The van der Waals surface area contributed by atoms with Gasteiger partial charge in [0.1, 0.15) is 22.3 Å². The highest BCUT2D eigenvalue weighted by molar-refractivity contribution is 6.18. The molecule has 8 aromatic carbocycles. The molecule has 0 atom stereocenters. The molecule has 0 unspecified atom stereocenters. The summed E-state index contributed by atoms with van der Waals surface area (Å²) >= 11 is 0. The molecular weight excluding hydrogens is 574 g/mol. The van der Waals surface area contributed by atoms with E-state index >= 15 is 0 Å². The first-order valence-corrected chi connectivity index (χ1v) is 15.9. The molecule has 2 aromatic heterocycles. The second-order valence-electron chi connectivity index (χ2n) is 12.1. The number of fused-ring (bicyclic) bond motifs is 9. The van der Waals surface area contributed by atoms with Gasteiger partial charge in [-0.05, 0) is 64.2 Å². The molecule has 10 aromatic rings. The van der Waals surface area contributed by atoms with Crippen LogP contribution in [0.3, 0.4) is 0 Å². The lowest BCUT2D eigenvalue weighted by Gasteiger charge is -2.28. The maximum absolute atomic E-state index is 6.40. The fourth-order valence-corrected chi connectivity index (χ4v) is 7.33. The number of furan rings is 2. The SMILES string of the molecule is c1ccc2c(c1)cc(N(c1ccc(-c3cccc4c3oc3ccccc34)cc1)c1cccc3oc4ccccc4c13)c1ccccc12. The summed E-state index contributed by atoms with van der Waals surface area (Å²) in [5.41, 5.74) is 8.99. The Bertz CT molecular complexity index is 2800. The highest BCUT2D eigenvalue weighted by Gasteiger charge is 2.22. The minimum absolute atomic E-state index is 0.868. The first-order chi connectivity index (χ1) is 23.3. The Morgan fingerprint density at radius 1 is 0.383 bits per heavy atom. The molecule has 0 aliphatic carbocycles. The van der Waals surface area contributed by atoms with Crippen LogP contribution in [0.4, 0.5) is 17.1 Å². The molecule has 0 spiro atoms. The second kappa shape index (κ2) is 10.1. The predicted molar refractivity (Wildman–Crippen MR) is 196 cm³/mol.